The minimum Gasteiger partial charge on any atom is -0.350 e. The van der Waals surface area contributed by atoms with E-state index < -0.39 is 12.1 Å². The van der Waals surface area contributed by atoms with Crippen molar-refractivity contribution >= 4 is 5.91 Å². The molecule has 3 N–H and O–H groups in total. The van der Waals surface area contributed by atoms with Crippen LogP contribution in [0.4, 0.5) is 0 Å². The molecule has 1 aliphatic carbocycles. The fourth-order valence-electron chi connectivity index (χ4n) is 4.52. The molecule has 2 aromatic rings. The third-order valence-corrected chi connectivity index (χ3v) is 6.19. The van der Waals surface area contributed by atoms with E-state index in [0.29, 0.717) is 25.8 Å². The molecule has 29 heavy (non-hydrogen) atoms. The van der Waals surface area contributed by atoms with Crippen LogP contribution < -0.4 is 16.2 Å². The number of para-hydroxylation sites is 1. The van der Waals surface area contributed by atoms with Gasteiger partial charge in [-0.15, -0.1) is 0 Å². The summed E-state index contributed by atoms with van der Waals surface area (Å²) in [6.07, 6.45) is 1.67. The summed E-state index contributed by atoms with van der Waals surface area (Å²) >= 11 is 0. The highest BCUT2D eigenvalue weighted by Gasteiger charge is 2.46. The lowest BCUT2D eigenvalue weighted by atomic mass is 9.79. The first-order chi connectivity index (χ1) is 14.0. The summed E-state index contributed by atoms with van der Waals surface area (Å²) in [7, 11) is 0. The van der Waals surface area contributed by atoms with E-state index in [4.69, 9.17) is 0 Å². The molecule has 9 heteroatoms. The first-order valence-corrected chi connectivity index (χ1v) is 9.98. The van der Waals surface area contributed by atoms with Crippen molar-refractivity contribution in [1.29, 1.82) is 0 Å². The molecular weight excluding hydrogens is 372 g/mol. The molecule has 4 atom stereocenters. The fraction of sp³-hybridized carbons (Fsp3) is 0.500. The number of nitrogens with zero attached hydrogens (tertiary/aromatic N) is 3. The first-order valence-electron chi connectivity index (χ1n) is 9.98. The lowest BCUT2D eigenvalue weighted by Gasteiger charge is -2.28. The molecule has 2 heterocycles. The number of nitro groups is 1. The Balaban J connectivity index is 1.44. The SMILES string of the molecule is Cc1nn(-c2ccccc2)c(C)c1CNC(=O)C1NNC2CCC([N+](=O)[O-])CC21. The largest absolute Gasteiger partial charge is 0.350 e. The summed E-state index contributed by atoms with van der Waals surface area (Å²) in [4.78, 5) is 23.8. The predicted molar refractivity (Wildman–Crippen MR) is 107 cm³/mol. The number of amides is 1. The van der Waals surface area contributed by atoms with Gasteiger partial charge in [0.2, 0.25) is 11.9 Å². The molecule has 4 unspecified atom stereocenters. The predicted octanol–water partition coefficient (Wildman–Crippen LogP) is 1.40. The van der Waals surface area contributed by atoms with Gasteiger partial charge in [0.15, 0.2) is 0 Å². The summed E-state index contributed by atoms with van der Waals surface area (Å²) in [6, 6.07) is 8.94. The summed E-state index contributed by atoms with van der Waals surface area (Å²) in [5.74, 6) is -0.214. The number of hydrazine groups is 1. The highest BCUT2D eigenvalue weighted by molar-refractivity contribution is 5.82. The number of rotatable bonds is 5. The van der Waals surface area contributed by atoms with Gasteiger partial charge in [-0.25, -0.2) is 10.1 Å². The molecular formula is C20H26N6O3. The van der Waals surface area contributed by atoms with Crippen molar-refractivity contribution in [3.63, 3.8) is 0 Å². The van der Waals surface area contributed by atoms with Crippen LogP contribution in [0.3, 0.4) is 0 Å². The molecule has 1 aromatic carbocycles. The molecule has 1 aliphatic heterocycles. The molecule has 1 amide bonds. The Morgan fingerprint density at radius 1 is 1.28 bits per heavy atom. The summed E-state index contributed by atoms with van der Waals surface area (Å²) < 4.78 is 1.88. The Hall–Kier alpha value is -2.78. The highest BCUT2D eigenvalue weighted by atomic mass is 16.6. The Kier molecular flexibility index (Phi) is 5.33. The van der Waals surface area contributed by atoms with Crippen LogP contribution in [0, 0.1) is 29.9 Å². The van der Waals surface area contributed by atoms with Crippen LogP contribution in [-0.2, 0) is 11.3 Å². The van der Waals surface area contributed by atoms with E-state index in [1.165, 1.54) is 0 Å². The Morgan fingerprint density at radius 3 is 2.76 bits per heavy atom. The molecule has 1 aromatic heterocycles. The second-order valence-corrected chi connectivity index (χ2v) is 7.90. The van der Waals surface area contributed by atoms with E-state index in [1.54, 1.807) is 0 Å². The van der Waals surface area contributed by atoms with Gasteiger partial charge in [0.25, 0.3) is 0 Å². The number of hydrogen-bond acceptors (Lipinski definition) is 6. The van der Waals surface area contributed by atoms with Gasteiger partial charge >= 0.3 is 0 Å². The van der Waals surface area contributed by atoms with Gasteiger partial charge in [-0.1, -0.05) is 18.2 Å². The Labute approximate surface area is 169 Å². The van der Waals surface area contributed by atoms with E-state index in [1.807, 2.05) is 48.9 Å². The standard InChI is InChI=1S/C20H26N6O3/c1-12-17(13(2)25(24-12)14-6-4-3-5-7-14)11-21-20(27)19-16-10-15(26(28)29)8-9-18(16)22-23-19/h3-7,15-16,18-19,22-23H,8-11H2,1-2H3,(H,21,27). The van der Waals surface area contributed by atoms with Crippen molar-refractivity contribution in [2.45, 2.75) is 57.8 Å². The summed E-state index contributed by atoms with van der Waals surface area (Å²) in [5, 5.41) is 18.8. The van der Waals surface area contributed by atoms with Crippen molar-refractivity contribution in [3.05, 3.63) is 57.4 Å². The van der Waals surface area contributed by atoms with Gasteiger partial charge in [-0.3, -0.25) is 20.3 Å². The zero-order valence-electron chi connectivity index (χ0n) is 16.6. The van der Waals surface area contributed by atoms with Crippen LogP contribution in [0.25, 0.3) is 5.69 Å². The van der Waals surface area contributed by atoms with Crippen molar-refractivity contribution in [1.82, 2.24) is 25.9 Å². The highest BCUT2D eigenvalue weighted by Crippen LogP contribution is 2.31. The maximum atomic E-state index is 12.8. The second kappa shape index (κ2) is 7.92. The molecule has 1 saturated heterocycles. The topological polar surface area (TPSA) is 114 Å². The smallest absolute Gasteiger partial charge is 0.239 e. The molecule has 4 rings (SSSR count). The number of nitrogens with one attached hydrogen (secondary N) is 3. The molecule has 2 fully saturated rings. The third-order valence-electron chi connectivity index (χ3n) is 6.19. The number of aryl methyl sites for hydroxylation is 1. The molecule has 2 aliphatic rings. The summed E-state index contributed by atoms with van der Waals surface area (Å²) in [5.41, 5.74) is 10.0. The van der Waals surface area contributed by atoms with Gasteiger partial charge in [-0.2, -0.15) is 5.10 Å². The van der Waals surface area contributed by atoms with E-state index in [9.17, 15) is 14.9 Å². The van der Waals surface area contributed by atoms with Crippen molar-refractivity contribution in [2.24, 2.45) is 5.92 Å². The number of aromatic nitrogens is 2. The quantitative estimate of drug-likeness (QED) is 0.518. The maximum absolute atomic E-state index is 12.8. The molecule has 1 saturated carbocycles. The van der Waals surface area contributed by atoms with Crippen LogP contribution >= 0.6 is 0 Å². The van der Waals surface area contributed by atoms with Gasteiger partial charge in [0.05, 0.1) is 11.4 Å². The number of benzene rings is 1. The van der Waals surface area contributed by atoms with Crippen molar-refractivity contribution < 1.29 is 9.72 Å². The van der Waals surface area contributed by atoms with Gasteiger partial charge in [-0.05, 0) is 32.4 Å². The maximum Gasteiger partial charge on any atom is 0.239 e. The number of carbonyl (C=O) groups is 1. The average Bonchev–Trinajstić information content (AvgIpc) is 3.27. The fourth-order valence-corrected chi connectivity index (χ4v) is 4.52. The van der Waals surface area contributed by atoms with Gasteiger partial charge < -0.3 is 5.32 Å². The van der Waals surface area contributed by atoms with Crippen LogP contribution in [-0.4, -0.2) is 38.7 Å². The number of fused-ring (bicyclic) bond motifs is 1. The monoisotopic (exact) mass is 398 g/mol. The van der Waals surface area contributed by atoms with E-state index >= 15 is 0 Å². The van der Waals surface area contributed by atoms with Gasteiger partial charge in [0, 0.05) is 47.5 Å². The lowest BCUT2D eigenvalue weighted by molar-refractivity contribution is -0.528. The zero-order valence-corrected chi connectivity index (χ0v) is 16.6. The molecule has 9 nitrogen and oxygen atoms in total. The van der Waals surface area contributed by atoms with Crippen LogP contribution in [0.5, 0.6) is 0 Å². The zero-order chi connectivity index (χ0) is 20.5. The van der Waals surface area contributed by atoms with Crippen molar-refractivity contribution in [2.75, 3.05) is 0 Å². The Bertz CT molecular complexity index is 912. The number of hydrogen-bond donors (Lipinski definition) is 3. The normalized spacial score (nSPS) is 26.1. The Morgan fingerprint density at radius 2 is 2.03 bits per heavy atom. The molecule has 154 valence electrons. The average molecular weight is 398 g/mol. The van der Waals surface area contributed by atoms with Crippen LogP contribution in [0.1, 0.15) is 36.2 Å². The summed E-state index contributed by atoms with van der Waals surface area (Å²) in [6.45, 7) is 4.29. The second-order valence-electron chi connectivity index (χ2n) is 7.90. The number of carbonyl (C=O) groups excluding carboxylic acids is 1. The van der Waals surface area contributed by atoms with Crippen molar-refractivity contribution in [3.8, 4) is 5.69 Å². The molecule has 0 bridgehead atoms. The molecule has 0 radical (unpaired) electrons. The van der Waals surface area contributed by atoms with Crippen LogP contribution in [0.15, 0.2) is 30.3 Å². The minimum absolute atomic E-state index is 0.0756. The third kappa shape index (κ3) is 3.75. The van der Waals surface area contributed by atoms with E-state index in [2.05, 4.69) is 21.3 Å². The lowest BCUT2D eigenvalue weighted by Crippen LogP contribution is -2.47. The van der Waals surface area contributed by atoms with E-state index in [0.717, 1.165) is 22.6 Å². The molecule has 0 spiro atoms. The first kappa shape index (κ1) is 19.5. The van der Waals surface area contributed by atoms with Gasteiger partial charge in [0.1, 0.15) is 6.04 Å². The minimum atomic E-state index is -0.568. The van der Waals surface area contributed by atoms with Crippen LogP contribution in [0.2, 0.25) is 0 Å². The van der Waals surface area contributed by atoms with E-state index in [-0.39, 0.29) is 22.8 Å².